The predicted molar refractivity (Wildman–Crippen MR) is 70.8 cm³/mol. The Morgan fingerprint density at radius 3 is 1.94 bits per heavy atom. The second-order valence-corrected chi connectivity index (χ2v) is 11.3. The molecule has 3 heteroatoms. The Labute approximate surface area is 101 Å². The van der Waals surface area contributed by atoms with E-state index < -0.39 is 8.56 Å². The molecule has 1 aliphatic heterocycles. The van der Waals surface area contributed by atoms with Crippen molar-refractivity contribution in [2.24, 2.45) is 0 Å². The van der Waals surface area contributed by atoms with Gasteiger partial charge in [-0.05, 0) is 6.42 Å². The van der Waals surface area contributed by atoms with Crippen molar-refractivity contribution in [1.29, 1.82) is 0 Å². The van der Waals surface area contributed by atoms with Gasteiger partial charge in [0.15, 0.2) is 0 Å². The van der Waals surface area contributed by atoms with Crippen LogP contribution in [0.5, 0.6) is 0 Å². The lowest BCUT2D eigenvalue weighted by Crippen LogP contribution is -2.57. The molecule has 0 aromatic rings. The van der Waals surface area contributed by atoms with E-state index in [1.807, 2.05) is 0 Å². The average Bonchev–Trinajstić information content (AvgIpc) is 1.97. The molecule has 0 saturated heterocycles. The number of hydrogen-bond donors (Lipinski definition) is 0. The van der Waals surface area contributed by atoms with Crippen molar-refractivity contribution in [1.82, 2.24) is 0 Å². The average molecular weight is 242 g/mol. The second-order valence-electron chi connectivity index (χ2n) is 6.54. The van der Waals surface area contributed by atoms with Crippen molar-refractivity contribution in [3.05, 3.63) is 12.2 Å². The van der Waals surface area contributed by atoms with Gasteiger partial charge in [-0.2, -0.15) is 0 Å². The van der Waals surface area contributed by atoms with E-state index in [1.54, 1.807) is 0 Å². The minimum atomic E-state index is -2.22. The van der Waals surface area contributed by atoms with Crippen LogP contribution in [0.4, 0.5) is 0 Å². The molecule has 0 aromatic carbocycles. The Hall–Kier alpha value is -0.123. The number of hydrogen-bond acceptors (Lipinski definition) is 2. The molecule has 0 amide bonds. The summed E-state index contributed by atoms with van der Waals surface area (Å²) in [7, 11) is -2.22. The highest BCUT2D eigenvalue weighted by Crippen LogP contribution is 2.52. The van der Waals surface area contributed by atoms with E-state index in [9.17, 15) is 0 Å². The lowest BCUT2D eigenvalue weighted by atomic mass is 10.2. The zero-order valence-corrected chi connectivity index (χ0v) is 12.6. The van der Waals surface area contributed by atoms with E-state index in [0.717, 1.165) is 13.0 Å². The third-order valence-electron chi connectivity index (χ3n) is 3.11. The third-order valence-corrected chi connectivity index (χ3v) is 8.25. The molecule has 16 heavy (non-hydrogen) atoms. The Kier molecular flexibility index (Phi) is 4.03. The molecule has 0 aromatic heterocycles. The molecule has 0 radical (unpaired) electrons. The molecule has 2 nitrogen and oxygen atoms in total. The molecule has 0 unspecified atom stereocenters. The van der Waals surface area contributed by atoms with Crippen molar-refractivity contribution in [3.63, 3.8) is 0 Å². The maximum atomic E-state index is 6.26. The van der Waals surface area contributed by atoms with Gasteiger partial charge in [0, 0.05) is 16.7 Å². The Bertz CT molecular complexity index is 244. The monoisotopic (exact) mass is 242 g/mol. The fourth-order valence-electron chi connectivity index (χ4n) is 2.65. The standard InChI is InChI=1S/C13H26O2Si/c1-12(2,3)16(13(4,5)6)14-10-8-7-9-11-15-16/h7-8H,9-11H2,1-6H3/b8-7+. The molecule has 1 heterocycles. The van der Waals surface area contributed by atoms with Gasteiger partial charge in [0.1, 0.15) is 0 Å². The quantitative estimate of drug-likeness (QED) is 0.472. The van der Waals surface area contributed by atoms with Crippen LogP contribution in [0.3, 0.4) is 0 Å². The molecule has 0 saturated carbocycles. The van der Waals surface area contributed by atoms with Crippen LogP contribution in [0.25, 0.3) is 0 Å². The molecular formula is C13H26O2Si. The summed E-state index contributed by atoms with van der Waals surface area (Å²) in [5.41, 5.74) is 0. The summed E-state index contributed by atoms with van der Waals surface area (Å²) in [5.74, 6) is 0. The first-order chi connectivity index (χ1) is 7.21. The first-order valence-electron chi connectivity index (χ1n) is 6.14. The van der Waals surface area contributed by atoms with Crippen molar-refractivity contribution >= 4 is 8.56 Å². The largest absolute Gasteiger partial charge is 0.393 e. The lowest BCUT2D eigenvalue weighted by molar-refractivity contribution is 0.136. The summed E-state index contributed by atoms with van der Waals surface area (Å²) in [6.45, 7) is 15.0. The van der Waals surface area contributed by atoms with Crippen LogP contribution in [0, 0.1) is 0 Å². The maximum Gasteiger partial charge on any atom is 0.349 e. The van der Waals surface area contributed by atoms with Crippen LogP contribution in [0.2, 0.25) is 10.1 Å². The minimum Gasteiger partial charge on any atom is -0.393 e. The zero-order valence-electron chi connectivity index (χ0n) is 11.6. The topological polar surface area (TPSA) is 18.5 Å². The zero-order chi connectivity index (χ0) is 12.4. The Balaban J connectivity index is 3.07. The van der Waals surface area contributed by atoms with E-state index in [4.69, 9.17) is 8.85 Å². The molecule has 0 N–H and O–H groups in total. The van der Waals surface area contributed by atoms with Crippen LogP contribution in [0.1, 0.15) is 48.0 Å². The Morgan fingerprint density at radius 2 is 1.44 bits per heavy atom. The first kappa shape index (κ1) is 13.9. The van der Waals surface area contributed by atoms with Crippen LogP contribution in [-0.2, 0) is 8.85 Å². The first-order valence-corrected chi connectivity index (χ1v) is 7.95. The molecule has 0 aliphatic carbocycles. The maximum absolute atomic E-state index is 6.26. The summed E-state index contributed by atoms with van der Waals surface area (Å²) < 4.78 is 12.5. The SMILES string of the molecule is CC(C)(C)[Si]1(C(C)(C)C)OC/C=C/CCO1. The Morgan fingerprint density at radius 1 is 0.875 bits per heavy atom. The van der Waals surface area contributed by atoms with E-state index in [1.165, 1.54) is 0 Å². The van der Waals surface area contributed by atoms with Gasteiger partial charge in [0.25, 0.3) is 0 Å². The van der Waals surface area contributed by atoms with Gasteiger partial charge in [-0.15, -0.1) is 0 Å². The number of rotatable bonds is 0. The normalized spacial score (nSPS) is 24.6. The van der Waals surface area contributed by atoms with Gasteiger partial charge >= 0.3 is 8.56 Å². The van der Waals surface area contributed by atoms with Gasteiger partial charge in [0.05, 0.1) is 6.61 Å². The highest BCUT2D eigenvalue weighted by Gasteiger charge is 2.58. The molecular weight excluding hydrogens is 216 g/mol. The van der Waals surface area contributed by atoms with Crippen molar-refractivity contribution in [3.8, 4) is 0 Å². The van der Waals surface area contributed by atoms with E-state index in [0.29, 0.717) is 6.61 Å². The summed E-state index contributed by atoms with van der Waals surface area (Å²) in [4.78, 5) is 0. The molecule has 0 spiro atoms. The fourth-order valence-corrected chi connectivity index (χ4v) is 7.46. The van der Waals surface area contributed by atoms with E-state index in [2.05, 4.69) is 53.7 Å². The van der Waals surface area contributed by atoms with Crippen LogP contribution >= 0.6 is 0 Å². The summed E-state index contributed by atoms with van der Waals surface area (Å²) in [5, 5.41) is 0.187. The van der Waals surface area contributed by atoms with Gasteiger partial charge < -0.3 is 8.85 Å². The van der Waals surface area contributed by atoms with Gasteiger partial charge in [0.2, 0.25) is 0 Å². The van der Waals surface area contributed by atoms with Crippen LogP contribution < -0.4 is 0 Å². The predicted octanol–water partition coefficient (Wildman–Crippen LogP) is 4.02. The summed E-state index contributed by atoms with van der Waals surface area (Å²) in [6, 6.07) is 0. The summed E-state index contributed by atoms with van der Waals surface area (Å²) >= 11 is 0. The molecule has 1 rings (SSSR count). The van der Waals surface area contributed by atoms with Gasteiger partial charge in [-0.1, -0.05) is 53.7 Å². The molecule has 0 fully saturated rings. The van der Waals surface area contributed by atoms with E-state index in [-0.39, 0.29) is 10.1 Å². The lowest BCUT2D eigenvalue weighted by Gasteiger charge is -2.49. The van der Waals surface area contributed by atoms with Crippen molar-refractivity contribution in [2.45, 2.75) is 58.0 Å². The summed E-state index contributed by atoms with van der Waals surface area (Å²) in [6.07, 6.45) is 5.27. The highest BCUT2D eigenvalue weighted by molar-refractivity contribution is 6.73. The third kappa shape index (κ3) is 2.58. The fraction of sp³-hybridized carbons (Fsp3) is 0.846. The van der Waals surface area contributed by atoms with Crippen LogP contribution in [-0.4, -0.2) is 21.8 Å². The molecule has 1 aliphatic rings. The highest BCUT2D eigenvalue weighted by atomic mass is 28.4. The van der Waals surface area contributed by atoms with E-state index >= 15 is 0 Å². The van der Waals surface area contributed by atoms with Crippen molar-refractivity contribution < 1.29 is 8.85 Å². The second kappa shape index (κ2) is 4.63. The minimum absolute atomic E-state index is 0.0937. The molecule has 0 bridgehead atoms. The smallest absolute Gasteiger partial charge is 0.349 e. The van der Waals surface area contributed by atoms with Crippen LogP contribution in [0.15, 0.2) is 12.2 Å². The molecule has 0 atom stereocenters. The van der Waals surface area contributed by atoms with Gasteiger partial charge in [-0.3, -0.25) is 0 Å². The molecule has 94 valence electrons. The van der Waals surface area contributed by atoms with Gasteiger partial charge in [-0.25, -0.2) is 0 Å². The van der Waals surface area contributed by atoms with Crippen molar-refractivity contribution in [2.75, 3.05) is 13.2 Å².